The molecule has 3 aromatic rings. The highest BCUT2D eigenvalue weighted by atomic mass is 32.2. The van der Waals surface area contributed by atoms with Crippen LogP contribution in [0.1, 0.15) is 5.56 Å². The highest BCUT2D eigenvalue weighted by Gasteiger charge is 2.25. The predicted octanol–water partition coefficient (Wildman–Crippen LogP) is 3.32. The lowest BCUT2D eigenvalue weighted by Crippen LogP contribution is -2.16. The standard InChI is InChI=1S/C15H11F3N4O2S2/c16-10-6-7-11(13(18)12(10)17)26(23,24)22-14-19-15(21-20-14)25-8-9-4-2-1-3-5-9/h1-7H,8H2,(H2,19,20,21,22). The van der Waals surface area contributed by atoms with Crippen LogP contribution in [-0.4, -0.2) is 23.6 Å². The van der Waals surface area contributed by atoms with Crippen molar-refractivity contribution in [2.75, 3.05) is 4.72 Å². The zero-order valence-electron chi connectivity index (χ0n) is 12.9. The number of benzene rings is 2. The van der Waals surface area contributed by atoms with Gasteiger partial charge in [-0.3, -0.25) is 0 Å². The molecule has 0 aliphatic carbocycles. The smallest absolute Gasteiger partial charge is 0.247 e. The van der Waals surface area contributed by atoms with Gasteiger partial charge in [0.05, 0.1) is 0 Å². The molecule has 6 nitrogen and oxygen atoms in total. The molecule has 0 amide bonds. The summed E-state index contributed by atoms with van der Waals surface area (Å²) in [4.78, 5) is 2.89. The molecule has 0 atom stereocenters. The number of rotatable bonds is 6. The second-order valence-corrected chi connectivity index (χ2v) is 7.61. The average Bonchev–Trinajstić information content (AvgIpc) is 3.05. The Bertz CT molecular complexity index is 1030. The zero-order valence-corrected chi connectivity index (χ0v) is 14.5. The fourth-order valence-electron chi connectivity index (χ4n) is 1.98. The van der Waals surface area contributed by atoms with Gasteiger partial charge >= 0.3 is 0 Å². The normalized spacial score (nSPS) is 11.5. The molecule has 0 saturated carbocycles. The number of sulfonamides is 1. The third-order valence-corrected chi connectivity index (χ3v) is 5.47. The molecule has 2 N–H and O–H groups in total. The lowest BCUT2D eigenvalue weighted by Gasteiger charge is -2.06. The van der Waals surface area contributed by atoms with E-state index in [4.69, 9.17) is 0 Å². The first-order chi connectivity index (χ1) is 12.4. The van der Waals surface area contributed by atoms with Crippen LogP contribution in [0, 0.1) is 17.5 Å². The average molecular weight is 400 g/mol. The number of hydrogen-bond acceptors (Lipinski definition) is 5. The quantitative estimate of drug-likeness (QED) is 0.490. The first-order valence-corrected chi connectivity index (χ1v) is 9.59. The van der Waals surface area contributed by atoms with Crippen molar-refractivity contribution in [2.45, 2.75) is 15.8 Å². The van der Waals surface area contributed by atoms with Gasteiger partial charge in [-0.25, -0.2) is 31.4 Å². The van der Waals surface area contributed by atoms with E-state index in [9.17, 15) is 21.6 Å². The summed E-state index contributed by atoms with van der Waals surface area (Å²) in [6.45, 7) is 0. The van der Waals surface area contributed by atoms with E-state index in [1.54, 1.807) is 0 Å². The van der Waals surface area contributed by atoms with Gasteiger partial charge < -0.3 is 0 Å². The summed E-state index contributed by atoms with van der Waals surface area (Å²) in [5.41, 5.74) is 1.02. The zero-order chi connectivity index (χ0) is 18.7. The largest absolute Gasteiger partial charge is 0.267 e. The summed E-state index contributed by atoms with van der Waals surface area (Å²) in [6, 6.07) is 10.6. The van der Waals surface area contributed by atoms with E-state index in [0.717, 1.165) is 5.56 Å². The minimum atomic E-state index is -4.51. The van der Waals surface area contributed by atoms with E-state index in [2.05, 4.69) is 15.2 Å². The fourth-order valence-corrected chi connectivity index (χ4v) is 3.76. The Morgan fingerprint density at radius 3 is 2.50 bits per heavy atom. The molecular formula is C15H11F3N4O2S2. The molecule has 0 fully saturated rings. The van der Waals surface area contributed by atoms with Crippen molar-refractivity contribution in [3.8, 4) is 0 Å². The van der Waals surface area contributed by atoms with Crippen LogP contribution in [0.25, 0.3) is 0 Å². The number of halogens is 3. The molecule has 0 saturated heterocycles. The van der Waals surface area contributed by atoms with Crippen molar-refractivity contribution in [1.29, 1.82) is 0 Å². The Balaban J connectivity index is 1.73. The third kappa shape index (κ3) is 3.99. The number of aromatic amines is 1. The first-order valence-electron chi connectivity index (χ1n) is 7.12. The van der Waals surface area contributed by atoms with E-state index in [-0.39, 0.29) is 11.1 Å². The molecule has 3 rings (SSSR count). The number of anilines is 1. The summed E-state index contributed by atoms with van der Waals surface area (Å²) >= 11 is 1.25. The Kier molecular flexibility index (Phi) is 5.18. The van der Waals surface area contributed by atoms with E-state index in [1.165, 1.54) is 11.8 Å². The Labute approximate surface area is 150 Å². The van der Waals surface area contributed by atoms with E-state index >= 15 is 0 Å². The summed E-state index contributed by atoms with van der Waals surface area (Å²) in [7, 11) is -4.51. The monoisotopic (exact) mass is 400 g/mol. The Morgan fingerprint density at radius 2 is 1.77 bits per heavy atom. The van der Waals surface area contributed by atoms with Crippen LogP contribution in [0.15, 0.2) is 52.5 Å². The third-order valence-electron chi connectivity index (χ3n) is 3.20. The molecule has 0 radical (unpaired) electrons. The molecule has 0 spiro atoms. The van der Waals surface area contributed by atoms with Crippen LogP contribution in [-0.2, 0) is 15.8 Å². The van der Waals surface area contributed by atoms with Crippen LogP contribution < -0.4 is 4.72 Å². The van der Waals surface area contributed by atoms with Gasteiger partial charge in [0.1, 0.15) is 4.90 Å². The van der Waals surface area contributed by atoms with Gasteiger partial charge in [-0.2, -0.15) is 4.98 Å². The molecule has 0 aliphatic rings. The number of aromatic nitrogens is 3. The number of thioether (sulfide) groups is 1. The number of H-pyrrole nitrogens is 1. The number of nitrogens with one attached hydrogen (secondary N) is 2. The molecule has 26 heavy (non-hydrogen) atoms. The number of nitrogens with zero attached hydrogens (tertiary/aromatic N) is 2. The summed E-state index contributed by atoms with van der Waals surface area (Å²) in [6.07, 6.45) is 0. The highest BCUT2D eigenvalue weighted by molar-refractivity contribution is 7.98. The van der Waals surface area contributed by atoms with Crippen LogP contribution in [0.5, 0.6) is 0 Å². The van der Waals surface area contributed by atoms with Gasteiger partial charge in [0.15, 0.2) is 17.5 Å². The van der Waals surface area contributed by atoms with Crippen molar-refractivity contribution >= 4 is 27.7 Å². The Hall–Kier alpha value is -2.53. The Morgan fingerprint density at radius 1 is 1.04 bits per heavy atom. The minimum absolute atomic E-state index is 0.261. The van der Waals surface area contributed by atoms with Gasteiger partial charge in [0, 0.05) is 5.75 Å². The maximum absolute atomic E-state index is 13.7. The topological polar surface area (TPSA) is 87.7 Å². The van der Waals surface area contributed by atoms with Crippen molar-refractivity contribution in [2.24, 2.45) is 0 Å². The van der Waals surface area contributed by atoms with Crippen molar-refractivity contribution < 1.29 is 21.6 Å². The summed E-state index contributed by atoms with van der Waals surface area (Å²) in [5.74, 6) is -4.88. The predicted molar refractivity (Wildman–Crippen MR) is 89.5 cm³/mol. The number of hydrogen-bond donors (Lipinski definition) is 2. The van der Waals surface area contributed by atoms with Crippen LogP contribution in [0.4, 0.5) is 19.1 Å². The van der Waals surface area contributed by atoms with Gasteiger partial charge in [-0.05, 0) is 17.7 Å². The van der Waals surface area contributed by atoms with Crippen molar-refractivity contribution in [3.05, 3.63) is 65.5 Å². The molecule has 1 heterocycles. The van der Waals surface area contributed by atoms with E-state index < -0.39 is 32.4 Å². The molecule has 136 valence electrons. The SMILES string of the molecule is O=S(=O)(Nc1nc(SCc2ccccc2)n[nH]1)c1ccc(F)c(F)c1F. The van der Waals surface area contributed by atoms with Gasteiger partial charge in [0.2, 0.25) is 11.1 Å². The lowest BCUT2D eigenvalue weighted by molar-refractivity contribution is 0.432. The molecule has 2 aromatic carbocycles. The maximum Gasteiger partial charge on any atom is 0.267 e. The second-order valence-electron chi connectivity index (χ2n) is 5.02. The van der Waals surface area contributed by atoms with Crippen LogP contribution >= 0.6 is 11.8 Å². The molecule has 0 bridgehead atoms. The summed E-state index contributed by atoms with van der Waals surface area (Å²) < 4.78 is 66.1. The van der Waals surface area contributed by atoms with Crippen molar-refractivity contribution in [3.63, 3.8) is 0 Å². The van der Waals surface area contributed by atoms with Crippen LogP contribution in [0.2, 0.25) is 0 Å². The molecule has 1 aromatic heterocycles. The van der Waals surface area contributed by atoms with E-state index in [0.29, 0.717) is 17.9 Å². The van der Waals surface area contributed by atoms with Gasteiger partial charge in [0.25, 0.3) is 10.0 Å². The summed E-state index contributed by atoms with van der Waals surface area (Å²) in [5, 5.41) is 6.45. The van der Waals surface area contributed by atoms with E-state index in [1.807, 2.05) is 35.1 Å². The molecule has 0 aliphatic heterocycles. The minimum Gasteiger partial charge on any atom is -0.247 e. The second kappa shape index (κ2) is 7.38. The van der Waals surface area contributed by atoms with Crippen molar-refractivity contribution in [1.82, 2.24) is 15.2 Å². The first kappa shape index (κ1) is 18.3. The lowest BCUT2D eigenvalue weighted by atomic mass is 10.2. The maximum atomic E-state index is 13.7. The van der Waals surface area contributed by atoms with Crippen LogP contribution in [0.3, 0.4) is 0 Å². The van der Waals surface area contributed by atoms with Gasteiger partial charge in [-0.1, -0.05) is 42.1 Å². The molecule has 0 unspecified atom stereocenters. The molecule has 11 heteroatoms. The van der Waals surface area contributed by atoms with Gasteiger partial charge in [-0.15, -0.1) is 5.10 Å². The molecular weight excluding hydrogens is 389 g/mol. The fraction of sp³-hybridized carbons (Fsp3) is 0.0667. The highest BCUT2D eigenvalue weighted by Crippen LogP contribution is 2.23.